The van der Waals surface area contributed by atoms with Crippen LogP contribution in [0, 0.1) is 5.82 Å². The summed E-state index contributed by atoms with van der Waals surface area (Å²) < 4.78 is 24.5. The van der Waals surface area contributed by atoms with Gasteiger partial charge in [-0.05, 0) is 24.3 Å². The average Bonchev–Trinajstić information content (AvgIpc) is 3.19. The zero-order valence-electron chi connectivity index (χ0n) is 16.0. The SMILES string of the molecule is COc1ccc(OC)c(NC(=O)CSc2nnc(NC(=O)c3ccccc3F)s2)c1. The third-order valence-electron chi connectivity index (χ3n) is 3.75. The number of methoxy groups -OCH3 is 2. The normalized spacial score (nSPS) is 10.4. The van der Waals surface area contributed by atoms with E-state index in [1.807, 2.05) is 0 Å². The number of nitrogens with one attached hydrogen (secondary N) is 2. The topological polar surface area (TPSA) is 102 Å². The lowest BCUT2D eigenvalue weighted by molar-refractivity contribution is -0.113. The molecule has 0 fully saturated rings. The molecule has 2 aromatic carbocycles. The van der Waals surface area contributed by atoms with Crippen molar-refractivity contribution in [3.8, 4) is 11.5 Å². The highest BCUT2D eigenvalue weighted by atomic mass is 32.2. The molecule has 0 bridgehead atoms. The van der Waals surface area contributed by atoms with Gasteiger partial charge in [0.2, 0.25) is 11.0 Å². The van der Waals surface area contributed by atoms with Crippen LogP contribution in [0.4, 0.5) is 15.2 Å². The summed E-state index contributed by atoms with van der Waals surface area (Å²) in [5.74, 6) is -0.376. The lowest BCUT2D eigenvalue weighted by Gasteiger charge is -2.11. The lowest BCUT2D eigenvalue weighted by atomic mass is 10.2. The fourth-order valence-corrected chi connectivity index (χ4v) is 3.90. The number of anilines is 2. The Morgan fingerprint density at radius 3 is 2.63 bits per heavy atom. The Hall–Kier alpha value is -3.18. The number of hydrogen-bond acceptors (Lipinski definition) is 8. The van der Waals surface area contributed by atoms with Crippen LogP contribution in [0.15, 0.2) is 46.8 Å². The van der Waals surface area contributed by atoms with Crippen molar-refractivity contribution < 1.29 is 23.5 Å². The number of thioether (sulfide) groups is 1. The first-order chi connectivity index (χ1) is 14.5. The quantitative estimate of drug-likeness (QED) is 0.400. The number of carbonyl (C=O) groups is 2. The summed E-state index contributed by atoms with van der Waals surface area (Å²) in [6.45, 7) is 0. The third-order valence-corrected chi connectivity index (χ3v) is 5.72. The first-order valence-electron chi connectivity index (χ1n) is 8.54. The van der Waals surface area contributed by atoms with Crippen molar-refractivity contribution in [1.29, 1.82) is 0 Å². The predicted octanol–water partition coefficient (Wildman–Crippen LogP) is 3.68. The molecule has 0 spiro atoms. The first kappa shape index (κ1) is 21.5. The maximum Gasteiger partial charge on any atom is 0.260 e. The largest absolute Gasteiger partial charge is 0.497 e. The van der Waals surface area contributed by atoms with Crippen LogP contribution < -0.4 is 20.1 Å². The van der Waals surface area contributed by atoms with E-state index in [2.05, 4.69) is 20.8 Å². The second-order valence-electron chi connectivity index (χ2n) is 5.71. The highest BCUT2D eigenvalue weighted by Gasteiger charge is 2.15. The predicted molar refractivity (Wildman–Crippen MR) is 113 cm³/mol. The zero-order valence-corrected chi connectivity index (χ0v) is 17.6. The fraction of sp³-hybridized carbons (Fsp3) is 0.158. The van der Waals surface area contributed by atoms with Crippen molar-refractivity contribution in [3.63, 3.8) is 0 Å². The maximum absolute atomic E-state index is 13.7. The molecule has 3 rings (SSSR count). The smallest absolute Gasteiger partial charge is 0.260 e. The van der Waals surface area contributed by atoms with Gasteiger partial charge < -0.3 is 14.8 Å². The number of carbonyl (C=O) groups excluding carboxylic acids is 2. The van der Waals surface area contributed by atoms with E-state index in [1.165, 1.54) is 32.4 Å². The van der Waals surface area contributed by atoms with Crippen LogP contribution in [0.1, 0.15) is 10.4 Å². The molecule has 0 aliphatic heterocycles. The molecule has 0 saturated carbocycles. The highest BCUT2D eigenvalue weighted by molar-refractivity contribution is 8.01. The Balaban J connectivity index is 1.56. The standard InChI is InChI=1S/C19H17FN4O4S2/c1-27-11-7-8-15(28-2)14(9-11)21-16(25)10-29-19-24-23-18(30-19)22-17(26)12-5-3-4-6-13(12)20/h3-9H,10H2,1-2H3,(H,21,25)(H,22,23,26). The van der Waals surface area contributed by atoms with Crippen LogP contribution in [-0.4, -0.2) is 42.0 Å². The van der Waals surface area contributed by atoms with Gasteiger partial charge in [-0.15, -0.1) is 10.2 Å². The Bertz CT molecular complexity index is 1060. The Morgan fingerprint density at radius 1 is 1.10 bits per heavy atom. The van der Waals surface area contributed by atoms with Crippen molar-refractivity contribution in [3.05, 3.63) is 53.8 Å². The van der Waals surface area contributed by atoms with E-state index in [0.717, 1.165) is 23.1 Å². The fourth-order valence-electron chi connectivity index (χ4n) is 2.35. The molecule has 1 heterocycles. The summed E-state index contributed by atoms with van der Waals surface area (Å²) in [6, 6.07) is 10.7. The molecule has 156 valence electrons. The minimum Gasteiger partial charge on any atom is -0.497 e. The van der Waals surface area contributed by atoms with Crippen molar-refractivity contribution >= 4 is 45.7 Å². The van der Waals surface area contributed by atoms with E-state index in [4.69, 9.17) is 9.47 Å². The molecule has 1 aromatic heterocycles. The summed E-state index contributed by atoms with van der Waals surface area (Å²) >= 11 is 2.24. The molecular weight excluding hydrogens is 431 g/mol. The summed E-state index contributed by atoms with van der Waals surface area (Å²) in [4.78, 5) is 24.4. The molecule has 0 unspecified atom stereocenters. The highest BCUT2D eigenvalue weighted by Crippen LogP contribution is 2.30. The van der Waals surface area contributed by atoms with Gasteiger partial charge in [0, 0.05) is 6.07 Å². The molecule has 30 heavy (non-hydrogen) atoms. The Morgan fingerprint density at radius 2 is 1.90 bits per heavy atom. The van der Waals surface area contributed by atoms with E-state index < -0.39 is 11.7 Å². The molecule has 3 aromatic rings. The molecule has 11 heteroatoms. The maximum atomic E-state index is 13.7. The summed E-state index contributed by atoms with van der Waals surface area (Å²) in [7, 11) is 3.03. The third kappa shape index (κ3) is 5.45. The number of halogens is 1. The molecule has 2 amide bonds. The second-order valence-corrected chi connectivity index (χ2v) is 7.91. The molecule has 0 aliphatic rings. The number of aromatic nitrogens is 2. The van der Waals surface area contributed by atoms with Gasteiger partial charge in [-0.3, -0.25) is 14.9 Å². The molecule has 8 nitrogen and oxygen atoms in total. The van der Waals surface area contributed by atoms with Gasteiger partial charge in [0.25, 0.3) is 5.91 Å². The molecule has 2 N–H and O–H groups in total. The minimum atomic E-state index is -0.626. The number of benzene rings is 2. The van der Waals surface area contributed by atoms with Crippen LogP contribution in [0.2, 0.25) is 0 Å². The summed E-state index contributed by atoms with van der Waals surface area (Å²) in [5.41, 5.74) is 0.395. The van der Waals surface area contributed by atoms with Gasteiger partial charge in [-0.1, -0.05) is 35.2 Å². The van der Waals surface area contributed by atoms with Gasteiger partial charge >= 0.3 is 0 Å². The first-order valence-corrected chi connectivity index (χ1v) is 10.3. The van der Waals surface area contributed by atoms with Gasteiger partial charge in [-0.25, -0.2) is 4.39 Å². The zero-order chi connectivity index (χ0) is 21.5. The van der Waals surface area contributed by atoms with Gasteiger partial charge in [0.15, 0.2) is 4.34 Å². The average molecular weight is 449 g/mol. The van der Waals surface area contributed by atoms with Crippen LogP contribution in [0.25, 0.3) is 0 Å². The van der Waals surface area contributed by atoms with Gasteiger partial charge in [-0.2, -0.15) is 0 Å². The van der Waals surface area contributed by atoms with Crippen LogP contribution in [-0.2, 0) is 4.79 Å². The molecule has 0 radical (unpaired) electrons. The van der Waals surface area contributed by atoms with E-state index in [0.29, 0.717) is 21.5 Å². The Labute approximate surface area is 179 Å². The molecule has 0 atom stereocenters. The number of ether oxygens (including phenoxy) is 2. The van der Waals surface area contributed by atoms with Crippen molar-refractivity contribution in [1.82, 2.24) is 10.2 Å². The van der Waals surface area contributed by atoms with Crippen molar-refractivity contribution in [2.75, 3.05) is 30.6 Å². The van der Waals surface area contributed by atoms with Crippen molar-refractivity contribution in [2.45, 2.75) is 4.34 Å². The Kier molecular flexibility index (Phi) is 7.20. The number of hydrogen-bond donors (Lipinski definition) is 2. The second kappa shape index (κ2) is 10.0. The molecule has 0 aliphatic carbocycles. The molecule has 0 saturated heterocycles. The van der Waals surface area contributed by atoms with E-state index in [1.54, 1.807) is 24.3 Å². The van der Waals surface area contributed by atoms with Crippen LogP contribution >= 0.6 is 23.1 Å². The number of rotatable bonds is 8. The summed E-state index contributed by atoms with van der Waals surface area (Å²) in [6.07, 6.45) is 0. The van der Waals surface area contributed by atoms with E-state index in [9.17, 15) is 14.0 Å². The summed E-state index contributed by atoms with van der Waals surface area (Å²) in [5, 5.41) is 13.2. The van der Waals surface area contributed by atoms with E-state index >= 15 is 0 Å². The van der Waals surface area contributed by atoms with Crippen LogP contribution in [0.5, 0.6) is 11.5 Å². The number of amides is 2. The van der Waals surface area contributed by atoms with Gasteiger partial charge in [0.1, 0.15) is 17.3 Å². The number of nitrogens with zero attached hydrogens (tertiary/aromatic N) is 2. The van der Waals surface area contributed by atoms with E-state index in [-0.39, 0.29) is 22.4 Å². The minimum absolute atomic E-state index is 0.0657. The molecular formula is C19H17FN4O4S2. The van der Waals surface area contributed by atoms with Gasteiger partial charge in [0.05, 0.1) is 31.2 Å². The van der Waals surface area contributed by atoms with Crippen LogP contribution in [0.3, 0.4) is 0 Å². The van der Waals surface area contributed by atoms with Crippen molar-refractivity contribution in [2.24, 2.45) is 0 Å². The lowest BCUT2D eigenvalue weighted by Crippen LogP contribution is -2.14. The monoisotopic (exact) mass is 448 g/mol.